The molecule has 246 valence electrons. The van der Waals surface area contributed by atoms with Crippen molar-refractivity contribution in [3.05, 3.63) is 83.9 Å². The lowest BCUT2D eigenvalue weighted by molar-refractivity contribution is -0.0442. The van der Waals surface area contributed by atoms with Gasteiger partial charge in [-0.15, -0.1) is 0 Å². The van der Waals surface area contributed by atoms with Crippen LogP contribution in [0.2, 0.25) is 0 Å². The number of carbonyl (C=O) groups is 2. The van der Waals surface area contributed by atoms with Crippen LogP contribution in [-0.4, -0.2) is 87.9 Å². The predicted octanol–water partition coefficient (Wildman–Crippen LogP) is 3.79. The number of nitrogens with zero attached hydrogens (tertiary/aromatic N) is 2. The lowest BCUT2D eigenvalue weighted by Crippen LogP contribution is -2.48. The molecule has 2 saturated heterocycles. The number of nitrogens with one attached hydrogen (secondary N) is 2. The van der Waals surface area contributed by atoms with E-state index >= 15 is 0 Å². The van der Waals surface area contributed by atoms with Gasteiger partial charge < -0.3 is 20.1 Å². The van der Waals surface area contributed by atoms with Gasteiger partial charge in [0.25, 0.3) is 11.8 Å². The Bertz CT molecular complexity index is 1650. The quantitative estimate of drug-likeness (QED) is 0.368. The van der Waals surface area contributed by atoms with E-state index in [9.17, 15) is 26.4 Å². The molecule has 0 unspecified atom stereocenters. The topological polar surface area (TPSA) is 151 Å². The van der Waals surface area contributed by atoms with Crippen LogP contribution < -0.4 is 10.6 Å². The molecule has 3 aromatic carbocycles. The van der Waals surface area contributed by atoms with E-state index in [0.717, 1.165) is 0 Å². The zero-order valence-corrected chi connectivity index (χ0v) is 27.7. The first-order valence-corrected chi connectivity index (χ1v) is 17.8. The van der Waals surface area contributed by atoms with Crippen LogP contribution in [0.1, 0.15) is 48.4 Å². The standard InChI is InChI=1S/C32H38N4O8S2/c1-21-17-35(18-22(2)43-21)45(39,40)29-12-8-25(9-13-29)31(37)33-27-6-5-7-28(16-27)34-32(38)26-10-14-30(15-11-26)46(41,42)36-19-23(3)44-24(4)20-36/h5-16,21-24H,17-20H2,1-4H3,(H,33,37)(H,34,38)/t21-,22-,23-,24+/m0/s1. The molecule has 2 heterocycles. The molecule has 2 aliphatic rings. The van der Waals surface area contributed by atoms with Gasteiger partial charge in [-0.25, -0.2) is 16.8 Å². The third-order valence-electron chi connectivity index (χ3n) is 7.66. The number of sulfonamides is 2. The first-order valence-electron chi connectivity index (χ1n) is 15.0. The largest absolute Gasteiger partial charge is 0.373 e. The van der Waals surface area contributed by atoms with Crippen LogP contribution in [0.5, 0.6) is 0 Å². The predicted molar refractivity (Wildman–Crippen MR) is 173 cm³/mol. The summed E-state index contributed by atoms with van der Waals surface area (Å²) in [4.78, 5) is 26.1. The van der Waals surface area contributed by atoms with Crippen LogP contribution in [0.15, 0.2) is 82.6 Å². The Morgan fingerprint density at radius 1 is 0.587 bits per heavy atom. The first kappa shape index (κ1) is 33.7. The van der Waals surface area contributed by atoms with E-state index in [-0.39, 0.29) is 71.5 Å². The maximum atomic E-state index is 13.1. The Labute approximate surface area is 269 Å². The van der Waals surface area contributed by atoms with Crippen molar-refractivity contribution >= 4 is 43.2 Å². The molecule has 2 aliphatic heterocycles. The molecule has 4 atom stereocenters. The second-order valence-electron chi connectivity index (χ2n) is 11.7. The van der Waals surface area contributed by atoms with Crippen LogP contribution in [0.3, 0.4) is 0 Å². The van der Waals surface area contributed by atoms with E-state index in [4.69, 9.17) is 9.47 Å². The summed E-state index contributed by atoms with van der Waals surface area (Å²) in [5, 5.41) is 5.52. The Kier molecular flexibility index (Phi) is 9.96. The van der Waals surface area contributed by atoms with Crippen LogP contribution in [0, 0.1) is 0 Å². The van der Waals surface area contributed by atoms with E-state index in [2.05, 4.69) is 10.6 Å². The zero-order chi connectivity index (χ0) is 33.2. The SMILES string of the molecule is C[C@@H]1CN(S(=O)(=O)c2ccc(C(=O)Nc3cccc(NC(=O)c4ccc(S(=O)(=O)N5C[C@H](C)O[C@@H](C)C5)cc4)c3)cc2)C[C@H](C)O1. The molecule has 12 nitrogen and oxygen atoms in total. The minimum atomic E-state index is -3.74. The van der Waals surface area contributed by atoms with Crippen LogP contribution in [0.4, 0.5) is 11.4 Å². The van der Waals surface area contributed by atoms with Gasteiger partial charge in [0.1, 0.15) is 0 Å². The monoisotopic (exact) mass is 670 g/mol. The maximum absolute atomic E-state index is 13.1. The number of anilines is 2. The molecule has 0 saturated carbocycles. The van der Waals surface area contributed by atoms with Gasteiger partial charge in [0.2, 0.25) is 20.0 Å². The highest BCUT2D eigenvalue weighted by molar-refractivity contribution is 7.89. The molecule has 46 heavy (non-hydrogen) atoms. The number of ether oxygens (including phenoxy) is 2. The Morgan fingerprint density at radius 2 is 0.913 bits per heavy atom. The zero-order valence-electron chi connectivity index (χ0n) is 26.0. The molecule has 0 radical (unpaired) electrons. The second kappa shape index (κ2) is 13.6. The van der Waals surface area contributed by atoms with Gasteiger partial charge >= 0.3 is 0 Å². The average molecular weight is 671 g/mol. The van der Waals surface area contributed by atoms with Crippen molar-refractivity contribution in [2.45, 2.75) is 61.9 Å². The molecule has 0 bridgehead atoms. The molecule has 0 aromatic heterocycles. The van der Waals surface area contributed by atoms with E-state index < -0.39 is 31.9 Å². The Balaban J connectivity index is 1.21. The second-order valence-corrected chi connectivity index (χ2v) is 15.6. The summed E-state index contributed by atoms with van der Waals surface area (Å²) in [6.07, 6.45) is -0.881. The van der Waals surface area contributed by atoms with Gasteiger partial charge in [-0.1, -0.05) is 6.07 Å². The molecule has 2 amide bonds. The Morgan fingerprint density at radius 3 is 1.24 bits per heavy atom. The average Bonchev–Trinajstić information content (AvgIpc) is 3.00. The molecule has 3 aromatic rings. The van der Waals surface area contributed by atoms with E-state index in [1.807, 2.05) is 27.7 Å². The fraction of sp³-hybridized carbons (Fsp3) is 0.375. The molecule has 0 aliphatic carbocycles. The van der Waals surface area contributed by atoms with Crippen LogP contribution >= 0.6 is 0 Å². The number of benzene rings is 3. The number of rotatable bonds is 8. The van der Waals surface area contributed by atoms with Crippen molar-refractivity contribution < 1.29 is 35.9 Å². The molecule has 14 heteroatoms. The van der Waals surface area contributed by atoms with E-state index in [1.54, 1.807) is 24.3 Å². The molecular weight excluding hydrogens is 633 g/mol. The van der Waals surface area contributed by atoms with Crippen molar-refractivity contribution in [1.29, 1.82) is 0 Å². The van der Waals surface area contributed by atoms with Crippen LogP contribution in [-0.2, 0) is 29.5 Å². The van der Waals surface area contributed by atoms with Crippen molar-refractivity contribution in [1.82, 2.24) is 8.61 Å². The number of carbonyl (C=O) groups excluding carboxylic acids is 2. The number of morpholine rings is 2. The summed E-state index contributed by atoms with van der Waals surface area (Å²) in [6.45, 7) is 8.31. The summed E-state index contributed by atoms with van der Waals surface area (Å²) >= 11 is 0. The van der Waals surface area contributed by atoms with Crippen molar-refractivity contribution in [2.75, 3.05) is 36.8 Å². The van der Waals surface area contributed by atoms with Gasteiger partial charge in [-0.2, -0.15) is 8.61 Å². The smallest absolute Gasteiger partial charge is 0.255 e. The molecule has 2 fully saturated rings. The summed E-state index contributed by atoms with van der Waals surface area (Å²) in [6, 6.07) is 18.0. The highest BCUT2D eigenvalue weighted by Crippen LogP contribution is 2.24. The van der Waals surface area contributed by atoms with E-state index in [0.29, 0.717) is 11.4 Å². The maximum Gasteiger partial charge on any atom is 0.255 e. The summed E-state index contributed by atoms with van der Waals surface area (Å²) in [5.74, 6) is -0.913. The van der Waals surface area contributed by atoms with Gasteiger partial charge in [0, 0.05) is 48.7 Å². The highest BCUT2D eigenvalue weighted by atomic mass is 32.2. The minimum Gasteiger partial charge on any atom is -0.373 e. The molecule has 5 rings (SSSR count). The third-order valence-corrected chi connectivity index (χ3v) is 11.4. The fourth-order valence-corrected chi connectivity index (χ4v) is 8.77. The van der Waals surface area contributed by atoms with Gasteiger partial charge in [-0.05, 0) is 94.4 Å². The lowest BCUT2D eigenvalue weighted by Gasteiger charge is -2.34. The number of hydrogen-bond donors (Lipinski definition) is 2. The third kappa shape index (κ3) is 7.65. The van der Waals surface area contributed by atoms with Crippen LogP contribution in [0.25, 0.3) is 0 Å². The summed E-state index contributed by atoms with van der Waals surface area (Å²) in [7, 11) is -7.49. The normalized spacial score (nSPS) is 23.0. The highest BCUT2D eigenvalue weighted by Gasteiger charge is 2.33. The fourth-order valence-electron chi connectivity index (χ4n) is 5.59. The lowest BCUT2D eigenvalue weighted by atomic mass is 10.2. The van der Waals surface area contributed by atoms with E-state index in [1.165, 1.54) is 57.1 Å². The van der Waals surface area contributed by atoms with Gasteiger partial charge in [0.05, 0.1) is 34.2 Å². The Hall–Kier alpha value is -3.66. The molecule has 0 spiro atoms. The summed E-state index contributed by atoms with van der Waals surface area (Å²) in [5.41, 5.74) is 1.33. The van der Waals surface area contributed by atoms with Crippen molar-refractivity contribution in [2.24, 2.45) is 0 Å². The molecule has 2 N–H and O–H groups in total. The van der Waals surface area contributed by atoms with Crippen molar-refractivity contribution in [3.63, 3.8) is 0 Å². The van der Waals surface area contributed by atoms with Gasteiger partial charge in [0.15, 0.2) is 0 Å². The minimum absolute atomic E-state index is 0.0889. The van der Waals surface area contributed by atoms with Crippen molar-refractivity contribution in [3.8, 4) is 0 Å². The van der Waals surface area contributed by atoms with Gasteiger partial charge in [-0.3, -0.25) is 9.59 Å². The number of amides is 2. The first-order chi connectivity index (χ1) is 21.7. The number of hydrogen-bond acceptors (Lipinski definition) is 8. The molecular formula is C32H38N4O8S2. The summed E-state index contributed by atoms with van der Waals surface area (Å²) < 4.78 is 66.6.